The van der Waals surface area contributed by atoms with E-state index in [1.54, 1.807) is 0 Å². The summed E-state index contributed by atoms with van der Waals surface area (Å²) in [6.07, 6.45) is -2.05. The highest BCUT2D eigenvalue weighted by atomic mass is 16.5. The Hall–Kier alpha value is -3.26. The summed E-state index contributed by atoms with van der Waals surface area (Å²) in [5.41, 5.74) is 10.9. The first-order valence-electron chi connectivity index (χ1n) is 8.08. The van der Waals surface area contributed by atoms with Crippen LogP contribution < -0.4 is 22.1 Å². The second-order valence-corrected chi connectivity index (χ2v) is 5.93. The van der Waals surface area contributed by atoms with Crippen molar-refractivity contribution in [3.63, 3.8) is 0 Å². The van der Waals surface area contributed by atoms with E-state index in [-0.39, 0.29) is 24.6 Å². The number of nitrogens with zero attached hydrogens (tertiary/aromatic N) is 2. The van der Waals surface area contributed by atoms with Crippen molar-refractivity contribution in [1.82, 2.24) is 20.8 Å². The maximum atomic E-state index is 12.0. The lowest BCUT2D eigenvalue weighted by atomic mass is 10.1. The minimum absolute atomic E-state index is 0.0252. The zero-order valence-electron chi connectivity index (χ0n) is 14.9. The lowest BCUT2D eigenvalue weighted by Gasteiger charge is -2.19. The minimum atomic E-state index is -1.60. The Morgan fingerprint density at radius 2 is 1.86 bits per heavy atom. The largest absolute Gasteiger partial charge is 0.481 e. The molecule has 9 N–H and O–H groups in total. The molecule has 3 amide bonds. The van der Waals surface area contributed by atoms with Gasteiger partial charge in [-0.1, -0.05) is 5.16 Å². The Labute approximate surface area is 158 Å². The Balaban J connectivity index is 2.88. The molecule has 0 saturated heterocycles. The highest BCUT2D eigenvalue weighted by Gasteiger charge is 2.29. The number of urea groups is 1. The van der Waals surface area contributed by atoms with Crippen molar-refractivity contribution in [2.24, 2.45) is 11.5 Å². The summed E-state index contributed by atoms with van der Waals surface area (Å²) in [6, 6.07) is -4.69. The van der Waals surface area contributed by atoms with Gasteiger partial charge in [-0.3, -0.25) is 9.59 Å². The summed E-state index contributed by atoms with van der Waals surface area (Å²) in [5.74, 6) is -3.64. The molecular weight excluding hydrogens is 380 g/mol. The number of carboxylic acids is 2. The number of primary amides is 1. The molecule has 0 radical (unpaired) electrons. The fourth-order valence-electron chi connectivity index (χ4n) is 2.08. The van der Waals surface area contributed by atoms with E-state index in [0.717, 1.165) is 0 Å². The van der Waals surface area contributed by atoms with Gasteiger partial charge in [0.15, 0.2) is 11.9 Å². The molecule has 0 fully saturated rings. The van der Waals surface area contributed by atoms with Gasteiger partial charge in [-0.25, -0.2) is 9.59 Å². The first-order chi connectivity index (χ1) is 13.0. The van der Waals surface area contributed by atoms with E-state index < -0.39 is 54.5 Å². The third kappa shape index (κ3) is 7.16. The summed E-state index contributed by atoms with van der Waals surface area (Å²) in [7, 11) is 0. The Kier molecular flexibility index (Phi) is 8.28. The van der Waals surface area contributed by atoms with Crippen molar-refractivity contribution in [1.29, 1.82) is 0 Å². The summed E-state index contributed by atoms with van der Waals surface area (Å²) in [5, 5.41) is 34.9. The van der Waals surface area contributed by atoms with Crippen LogP contribution in [0.3, 0.4) is 0 Å². The number of nitrogens with two attached hydrogens (primary N) is 2. The predicted octanol–water partition coefficient (Wildman–Crippen LogP) is -2.02. The fraction of sp³-hybridized carbons (Fsp3) is 0.571. The van der Waals surface area contributed by atoms with Crippen LogP contribution >= 0.6 is 0 Å². The molecule has 0 spiro atoms. The van der Waals surface area contributed by atoms with Crippen molar-refractivity contribution in [2.75, 3.05) is 0 Å². The van der Waals surface area contributed by atoms with Crippen LogP contribution in [0.4, 0.5) is 4.79 Å². The molecule has 1 heterocycles. The molecule has 28 heavy (non-hydrogen) atoms. The van der Waals surface area contributed by atoms with Gasteiger partial charge in [0, 0.05) is 6.42 Å². The van der Waals surface area contributed by atoms with Crippen molar-refractivity contribution in [3.05, 3.63) is 11.7 Å². The van der Waals surface area contributed by atoms with Crippen molar-refractivity contribution < 1.29 is 39.0 Å². The van der Waals surface area contributed by atoms with E-state index in [0.29, 0.717) is 0 Å². The number of rotatable bonds is 11. The number of aliphatic hydroxyl groups excluding tert-OH is 1. The second kappa shape index (κ2) is 10.2. The van der Waals surface area contributed by atoms with Crippen molar-refractivity contribution in [2.45, 2.75) is 50.4 Å². The number of carbonyl (C=O) groups excluding carboxylic acids is 2. The van der Waals surface area contributed by atoms with Crippen LogP contribution in [0.2, 0.25) is 0 Å². The smallest absolute Gasteiger partial charge is 0.328 e. The summed E-state index contributed by atoms with van der Waals surface area (Å²) >= 11 is 0. The highest BCUT2D eigenvalue weighted by Crippen LogP contribution is 2.18. The van der Waals surface area contributed by atoms with Gasteiger partial charge in [-0.15, -0.1) is 0 Å². The molecule has 0 aliphatic rings. The van der Waals surface area contributed by atoms with Gasteiger partial charge >= 0.3 is 18.0 Å². The quantitative estimate of drug-likeness (QED) is 0.213. The molecule has 1 aromatic heterocycles. The predicted molar refractivity (Wildman–Crippen MR) is 89.4 cm³/mol. The molecule has 156 valence electrons. The van der Waals surface area contributed by atoms with E-state index in [4.69, 9.17) is 26.2 Å². The molecule has 0 aromatic carbocycles. The average molecular weight is 402 g/mol. The highest BCUT2D eigenvalue weighted by molar-refractivity contribution is 5.83. The first kappa shape index (κ1) is 22.8. The zero-order valence-corrected chi connectivity index (χ0v) is 14.9. The van der Waals surface area contributed by atoms with Gasteiger partial charge in [-0.2, -0.15) is 4.98 Å². The number of amides is 3. The van der Waals surface area contributed by atoms with Gasteiger partial charge in [-0.05, 0) is 13.3 Å². The average Bonchev–Trinajstić information content (AvgIpc) is 3.06. The van der Waals surface area contributed by atoms with E-state index in [1.807, 2.05) is 5.32 Å². The first-order valence-corrected chi connectivity index (χ1v) is 8.08. The number of carboxylic acid groups (broad SMARTS) is 2. The van der Waals surface area contributed by atoms with E-state index >= 15 is 0 Å². The minimum Gasteiger partial charge on any atom is -0.481 e. The summed E-state index contributed by atoms with van der Waals surface area (Å²) in [4.78, 5) is 48.8. The van der Waals surface area contributed by atoms with Crippen LogP contribution in [0.1, 0.15) is 50.0 Å². The van der Waals surface area contributed by atoms with Crippen LogP contribution in [0, 0.1) is 0 Å². The van der Waals surface area contributed by atoms with Gasteiger partial charge < -0.3 is 41.9 Å². The third-order valence-corrected chi connectivity index (χ3v) is 3.50. The van der Waals surface area contributed by atoms with Gasteiger partial charge in [0.05, 0.1) is 18.6 Å². The molecule has 4 atom stereocenters. The standard InChI is InChI=1S/C14H22N6O8/c1-5(21)10(13(25)26)18-14(27)17-7(4-8(16)22)12-19-11(20-28-12)6(15)2-3-9(23)24/h5-7,10,21H,2-4,15H2,1H3,(H2,16,22)(H,23,24)(H,25,26)(H2,17,18,27)/t5?,6-,7-,10?/m0/s1. The number of carbonyl (C=O) groups is 4. The Bertz CT molecular complexity index is 720. The molecule has 1 aromatic rings. The lowest BCUT2D eigenvalue weighted by molar-refractivity contribution is -0.142. The maximum absolute atomic E-state index is 12.0. The number of aromatic nitrogens is 2. The zero-order chi connectivity index (χ0) is 21.4. The van der Waals surface area contributed by atoms with Crippen LogP contribution in [0.5, 0.6) is 0 Å². The number of aliphatic hydroxyl groups is 1. The number of aliphatic carboxylic acids is 2. The van der Waals surface area contributed by atoms with Crippen molar-refractivity contribution in [3.8, 4) is 0 Å². The second-order valence-electron chi connectivity index (χ2n) is 5.93. The van der Waals surface area contributed by atoms with E-state index in [1.165, 1.54) is 6.92 Å². The van der Waals surface area contributed by atoms with Crippen LogP contribution in [-0.4, -0.2) is 61.5 Å². The van der Waals surface area contributed by atoms with Crippen LogP contribution in [0.15, 0.2) is 4.52 Å². The normalized spacial score (nSPS) is 15.1. The topological polar surface area (TPSA) is 244 Å². The van der Waals surface area contributed by atoms with Gasteiger partial charge in [0.25, 0.3) is 0 Å². The molecule has 0 bridgehead atoms. The number of hydrogen-bond acceptors (Lipinski definition) is 9. The molecule has 0 aliphatic carbocycles. The van der Waals surface area contributed by atoms with Crippen LogP contribution in [0.25, 0.3) is 0 Å². The number of nitrogens with one attached hydrogen (secondary N) is 2. The summed E-state index contributed by atoms with van der Waals surface area (Å²) in [6.45, 7) is 1.17. The van der Waals surface area contributed by atoms with E-state index in [9.17, 15) is 24.3 Å². The fourth-order valence-corrected chi connectivity index (χ4v) is 2.08. The summed E-state index contributed by atoms with van der Waals surface area (Å²) < 4.78 is 4.95. The number of hydrogen-bond donors (Lipinski definition) is 7. The molecule has 1 rings (SSSR count). The molecule has 14 nitrogen and oxygen atoms in total. The Morgan fingerprint density at radius 1 is 1.21 bits per heavy atom. The van der Waals surface area contributed by atoms with Crippen LogP contribution in [-0.2, 0) is 14.4 Å². The molecular formula is C14H22N6O8. The third-order valence-electron chi connectivity index (χ3n) is 3.50. The molecule has 0 aliphatic heterocycles. The van der Waals surface area contributed by atoms with E-state index in [2.05, 4.69) is 15.5 Å². The molecule has 2 unspecified atom stereocenters. The van der Waals surface area contributed by atoms with Gasteiger partial charge in [0.1, 0.15) is 6.04 Å². The van der Waals surface area contributed by atoms with Crippen molar-refractivity contribution >= 4 is 23.9 Å². The maximum Gasteiger partial charge on any atom is 0.328 e. The lowest BCUT2D eigenvalue weighted by Crippen LogP contribution is -2.52. The monoisotopic (exact) mass is 402 g/mol. The SMILES string of the molecule is CC(O)C(NC(=O)N[C@@H](CC(N)=O)c1nc([C@@H](N)CCC(=O)O)no1)C(=O)O. The Morgan fingerprint density at radius 3 is 2.36 bits per heavy atom. The van der Waals surface area contributed by atoms with Gasteiger partial charge in [0.2, 0.25) is 11.8 Å². The molecule has 14 heteroatoms. The molecule has 0 saturated carbocycles.